The van der Waals surface area contributed by atoms with Gasteiger partial charge in [-0.2, -0.15) is 5.10 Å². The van der Waals surface area contributed by atoms with E-state index in [4.69, 9.17) is 0 Å². The van der Waals surface area contributed by atoms with Crippen molar-refractivity contribution in [2.24, 2.45) is 0 Å². The Morgan fingerprint density at radius 2 is 2.25 bits per heavy atom. The molecule has 0 aliphatic rings. The number of pyridine rings is 1. The monoisotopic (exact) mass is 217 g/mol. The van der Waals surface area contributed by atoms with Crippen LogP contribution in [-0.4, -0.2) is 19.9 Å². The summed E-state index contributed by atoms with van der Waals surface area (Å²) in [6, 6.07) is 1.89. The van der Waals surface area contributed by atoms with Crippen molar-refractivity contribution in [2.75, 3.05) is 0 Å². The predicted molar refractivity (Wildman–Crippen MR) is 60.9 cm³/mol. The molecule has 0 spiro atoms. The number of nitrogens with zero attached hydrogens (tertiary/aromatic N) is 3. The summed E-state index contributed by atoms with van der Waals surface area (Å²) < 4.78 is 1.80. The highest BCUT2D eigenvalue weighted by Crippen LogP contribution is 2.23. The fourth-order valence-corrected chi connectivity index (χ4v) is 1.64. The predicted octanol–water partition coefficient (Wildman–Crippen LogP) is 1.69. The van der Waals surface area contributed by atoms with Gasteiger partial charge in [-0.25, -0.2) is 0 Å². The molecular formula is C12H15N3O. The van der Waals surface area contributed by atoms with Crippen LogP contribution in [-0.2, 0) is 6.54 Å². The van der Waals surface area contributed by atoms with E-state index < -0.39 is 6.10 Å². The Morgan fingerprint density at radius 1 is 1.44 bits per heavy atom. The summed E-state index contributed by atoms with van der Waals surface area (Å²) in [5.74, 6) is 0. The van der Waals surface area contributed by atoms with E-state index in [0.717, 1.165) is 23.2 Å². The second-order valence-electron chi connectivity index (χ2n) is 3.76. The van der Waals surface area contributed by atoms with Crippen molar-refractivity contribution in [1.82, 2.24) is 14.8 Å². The van der Waals surface area contributed by atoms with E-state index in [2.05, 4.69) is 10.1 Å². The third-order valence-electron chi connectivity index (χ3n) is 2.67. The molecule has 1 N–H and O–H groups in total. The molecule has 0 bridgehead atoms. The van der Waals surface area contributed by atoms with Crippen molar-refractivity contribution in [3.05, 3.63) is 47.5 Å². The lowest BCUT2D eigenvalue weighted by Gasteiger charge is -2.10. The van der Waals surface area contributed by atoms with Crippen LogP contribution < -0.4 is 0 Å². The number of aromatic nitrogens is 3. The van der Waals surface area contributed by atoms with E-state index in [9.17, 15) is 5.11 Å². The van der Waals surface area contributed by atoms with Crippen LogP contribution in [0.15, 0.2) is 30.9 Å². The highest BCUT2D eigenvalue weighted by Gasteiger charge is 2.14. The van der Waals surface area contributed by atoms with E-state index in [-0.39, 0.29) is 0 Å². The zero-order valence-corrected chi connectivity index (χ0v) is 9.46. The lowest BCUT2D eigenvalue weighted by atomic mass is 10.0. The highest BCUT2D eigenvalue weighted by molar-refractivity contribution is 5.30. The van der Waals surface area contributed by atoms with E-state index in [1.165, 1.54) is 0 Å². The van der Waals surface area contributed by atoms with Gasteiger partial charge >= 0.3 is 0 Å². The normalized spacial score (nSPS) is 12.7. The molecule has 84 valence electrons. The first-order chi connectivity index (χ1) is 7.72. The molecule has 4 heteroatoms. The molecule has 1 unspecified atom stereocenters. The summed E-state index contributed by atoms with van der Waals surface area (Å²) in [5.41, 5.74) is 2.67. The van der Waals surface area contributed by atoms with E-state index in [1.807, 2.05) is 26.1 Å². The SMILES string of the molecule is CCn1cc(C(O)c2cnccc2C)cn1. The summed E-state index contributed by atoms with van der Waals surface area (Å²) in [7, 11) is 0. The third kappa shape index (κ3) is 1.97. The summed E-state index contributed by atoms with van der Waals surface area (Å²) in [6.07, 6.45) is 6.33. The van der Waals surface area contributed by atoms with E-state index in [1.54, 1.807) is 23.3 Å². The Hall–Kier alpha value is -1.68. The van der Waals surface area contributed by atoms with Crippen LogP contribution in [0.1, 0.15) is 29.7 Å². The van der Waals surface area contributed by atoms with Crippen LogP contribution in [0.3, 0.4) is 0 Å². The Bertz CT molecular complexity index is 479. The Balaban J connectivity index is 2.31. The Labute approximate surface area is 94.6 Å². The lowest BCUT2D eigenvalue weighted by molar-refractivity contribution is 0.219. The van der Waals surface area contributed by atoms with Gasteiger partial charge in [0.15, 0.2) is 0 Å². The molecule has 16 heavy (non-hydrogen) atoms. The van der Waals surface area contributed by atoms with Gasteiger partial charge in [0.2, 0.25) is 0 Å². The molecule has 0 fully saturated rings. The van der Waals surface area contributed by atoms with Crippen LogP contribution in [0, 0.1) is 6.92 Å². The maximum atomic E-state index is 10.2. The molecule has 0 aliphatic heterocycles. The van der Waals surface area contributed by atoms with Gasteiger partial charge in [0.25, 0.3) is 0 Å². The van der Waals surface area contributed by atoms with E-state index >= 15 is 0 Å². The molecule has 2 heterocycles. The van der Waals surface area contributed by atoms with Crippen LogP contribution in [0.25, 0.3) is 0 Å². The van der Waals surface area contributed by atoms with Gasteiger partial charge in [-0.15, -0.1) is 0 Å². The molecule has 4 nitrogen and oxygen atoms in total. The number of rotatable bonds is 3. The average Bonchev–Trinajstić information content (AvgIpc) is 2.77. The molecule has 0 radical (unpaired) electrons. The van der Waals surface area contributed by atoms with E-state index in [0.29, 0.717) is 0 Å². The van der Waals surface area contributed by atoms with Gasteiger partial charge in [0.1, 0.15) is 6.10 Å². The first-order valence-corrected chi connectivity index (χ1v) is 5.33. The molecule has 2 rings (SSSR count). The summed E-state index contributed by atoms with van der Waals surface area (Å²) in [6.45, 7) is 4.78. The van der Waals surface area contributed by atoms with Crippen molar-refractivity contribution in [1.29, 1.82) is 0 Å². The lowest BCUT2D eigenvalue weighted by Crippen LogP contribution is -2.01. The second-order valence-corrected chi connectivity index (χ2v) is 3.76. The topological polar surface area (TPSA) is 50.9 Å². The Kier molecular flexibility index (Phi) is 3.01. The number of hydrogen-bond acceptors (Lipinski definition) is 3. The molecule has 2 aromatic heterocycles. The van der Waals surface area contributed by atoms with Crippen LogP contribution in [0.4, 0.5) is 0 Å². The first kappa shape index (κ1) is 10.8. The zero-order chi connectivity index (χ0) is 11.5. The smallest absolute Gasteiger partial charge is 0.109 e. The van der Waals surface area contributed by atoms with Gasteiger partial charge in [0, 0.05) is 36.3 Å². The maximum absolute atomic E-state index is 10.2. The number of aryl methyl sites for hydroxylation is 2. The average molecular weight is 217 g/mol. The van der Waals surface area contributed by atoms with Crippen LogP contribution in [0.5, 0.6) is 0 Å². The summed E-state index contributed by atoms with van der Waals surface area (Å²) in [4.78, 5) is 4.03. The summed E-state index contributed by atoms with van der Waals surface area (Å²) >= 11 is 0. The maximum Gasteiger partial charge on any atom is 0.109 e. The number of hydrogen-bond donors (Lipinski definition) is 1. The molecule has 2 aromatic rings. The van der Waals surface area contributed by atoms with Crippen LogP contribution in [0.2, 0.25) is 0 Å². The minimum absolute atomic E-state index is 0.644. The van der Waals surface area contributed by atoms with Gasteiger partial charge in [-0.1, -0.05) is 0 Å². The standard InChI is InChI=1S/C12H15N3O/c1-3-15-8-10(6-14-15)12(16)11-7-13-5-4-9(11)2/h4-8,12,16H,3H2,1-2H3. The number of aliphatic hydroxyl groups is 1. The van der Waals surface area contributed by atoms with Crippen molar-refractivity contribution in [3.8, 4) is 0 Å². The van der Waals surface area contributed by atoms with Crippen LogP contribution >= 0.6 is 0 Å². The van der Waals surface area contributed by atoms with Crippen molar-refractivity contribution in [2.45, 2.75) is 26.5 Å². The minimum Gasteiger partial charge on any atom is -0.383 e. The van der Waals surface area contributed by atoms with Gasteiger partial charge in [0.05, 0.1) is 6.20 Å². The molecule has 0 aliphatic carbocycles. The van der Waals surface area contributed by atoms with Gasteiger partial charge < -0.3 is 5.11 Å². The van der Waals surface area contributed by atoms with Gasteiger partial charge in [-0.05, 0) is 25.5 Å². The Morgan fingerprint density at radius 3 is 2.88 bits per heavy atom. The zero-order valence-electron chi connectivity index (χ0n) is 9.46. The quantitative estimate of drug-likeness (QED) is 0.851. The molecule has 0 saturated heterocycles. The second kappa shape index (κ2) is 4.45. The summed E-state index contributed by atoms with van der Waals surface area (Å²) in [5, 5.41) is 14.3. The third-order valence-corrected chi connectivity index (χ3v) is 2.67. The minimum atomic E-state index is -0.644. The largest absolute Gasteiger partial charge is 0.383 e. The molecule has 0 saturated carbocycles. The highest BCUT2D eigenvalue weighted by atomic mass is 16.3. The first-order valence-electron chi connectivity index (χ1n) is 5.33. The fourth-order valence-electron chi connectivity index (χ4n) is 1.64. The molecular weight excluding hydrogens is 202 g/mol. The van der Waals surface area contributed by atoms with Crippen molar-refractivity contribution < 1.29 is 5.11 Å². The molecule has 0 amide bonds. The number of aliphatic hydroxyl groups excluding tert-OH is 1. The van der Waals surface area contributed by atoms with Gasteiger partial charge in [-0.3, -0.25) is 9.67 Å². The van der Waals surface area contributed by atoms with Crippen molar-refractivity contribution >= 4 is 0 Å². The molecule has 0 aromatic carbocycles. The van der Waals surface area contributed by atoms with Crippen molar-refractivity contribution in [3.63, 3.8) is 0 Å². The molecule has 1 atom stereocenters. The fraction of sp³-hybridized carbons (Fsp3) is 0.333.